The van der Waals surface area contributed by atoms with E-state index in [2.05, 4.69) is 61.3 Å². The van der Waals surface area contributed by atoms with E-state index in [4.69, 9.17) is 19.1 Å². The summed E-state index contributed by atoms with van der Waals surface area (Å²) in [4.78, 5) is 14.4. The zero-order valence-corrected chi connectivity index (χ0v) is 24.4. The molecule has 0 saturated heterocycles. The fourth-order valence-electron chi connectivity index (χ4n) is 6.00. The van der Waals surface area contributed by atoms with Crippen LogP contribution >= 0.6 is 0 Å². The Morgan fingerprint density at radius 3 is 2.21 bits per heavy atom. The molecule has 7 aromatic rings. The van der Waals surface area contributed by atoms with Gasteiger partial charge in [-0.1, -0.05) is 99.8 Å². The summed E-state index contributed by atoms with van der Waals surface area (Å²) in [5.74, 6) is 1.34. The Morgan fingerprint density at radius 1 is 0.721 bits per heavy atom. The summed E-state index contributed by atoms with van der Waals surface area (Å²) < 4.78 is 12.7. The Morgan fingerprint density at radius 2 is 1.42 bits per heavy atom. The molecule has 5 aromatic carbocycles. The molecule has 1 atom stereocenters. The highest BCUT2D eigenvalue weighted by molar-refractivity contribution is 6.28. The molecule has 214 valence electrons. The van der Waals surface area contributed by atoms with E-state index in [0.29, 0.717) is 29.7 Å². The average molecular weight is 568 g/mol. The Hall–Kier alpha value is -4.97. The van der Waals surface area contributed by atoms with Gasteiger partial charge in [0.15, 0.2) is 11.6 Å². The summed E-state index contributed by atoms with van der Waals surface area (Å²) in [5, 5.41) is 17.2. The van der Waals surface area contributed by atoms with E-state index in [-0.39, 0.29) is 11.8 Å². The number of benzene rings is 5. The van der Waals surface area contributed by atoms with Crippen LogP contribution in [0.4, 0.5) is 0 Å². The van der Waals surface area contributed by atoms with Crippen molar-refractivity contribution < 1.29 is 14.3 Å². The number of para-hydroxylation sites is 1. The molecule has 2 heterocycles. The van der Waals surface area contributed by atoms with Crippen LogP contribution in [0.1, 0.15) is 39.5 Å². The van der Waals surface area contributed by atoms with E-state index < -0.39 is 0 Å². The number of aromatic nitrogens is 3. The van der Waals surface area contributed by atoms with Crippen LogP contribution in [0.25, 0.3) is 66.3 Å². The van der Waals surface area contributed by atoms with Gasteiger partial charge in [0.05, 0.1) is 12.2 Å². The van der Waals surface area contributed by atoms with Crippen LogP contribution in [0.3, 0.4) is 0 Å². The molecule has 1 N–H and O–H groups in total. The number of unbranched alkanes of at least 4 members (excludes halogenated alkanes) is 1. The van der Waals surface area contributed by atoms with Crippen LogP contribution in [-0.4, -0.2) is 26.7 Å². The van der Waals surface area contributed by atoms with Crippen molar-refractivity contribution in [1.29, 1.82) is 0 Å². The Balaban J connectivity index is 1.44. The predicted molar refractivity (Wildman–Crippen MR) is 173 cm³/mol. The molecule has 0 bridgehead atoms. The van der Waals surface area contributed by atoms with Crippen molar-refractivity contribution in [2.24, 2.45) is 5.92 Å². The van der Waals surface area contributed by atoms with Crippen LogP contribution in [0.15, 0.2) is 95.4 Å². The molecule has 0 aliphatic rings. The van der Waals surface area contributed by atoms with E-state index in [1.54, 1.807) is 18.2 Å². The minimum atomic E-state index is 0.101. The second kappa shape index (κ2) is 11.4. The van der Waals surface area contributed by atoms with E-state index in [1.807, 2.05) is 30.3 Å². The van der Waals surface area contributed by atoms with Crippen LogP contribution in [0, 0.1) is 5.92 Å². The van der Waals surface area contributed by atoms with Crippen LogP contribution in [-0.2, 0) is 0 Å². The van der Waals surface area contributed by atoms with Gasteiger partial charge in [-0.05, 0) is 58.1 Å². The second-order valence-corrected chi connectivity index (χ2v) is 11.1. The second-order valence-electron chi connectivity index (χ2n) is 11.1. The van der Waals surface area contributed by atoms with Gasteiger partial charge in [-0.25, -0.2) is 4.98 Å². The van der Waals surface area contributed by atoms with Crippen molar-refractivity contribution in [1.82, 2.24) is 15.0 Å². The lowest BCUT2D eigenvalue weighted by molar-refractivity contribution is 0.217. The highest BCUT2D eigenvalue weighted by atomic mass is 16.5. The first-order chi connectivity index (χ1) is 21.1. The molecule has 0 aliphatic heterocycles. The van der Waals surface area contributed by atoms with Gasteiger partial charge in [-0.15, -0.1) is 0 Å². The van der Waals surface area contributed by atoms with Gasteiger partial charge in [-0.2, -0.15) is 9.97 Å². The van der Waals surface area contributed by atoms with Crippen LogP contribution in [0.5, 0.6) is 11.8 Å². The van der Waals surface area contributed by atoms with Crippen molar-refractivity contribution >= 4 is 43.5 Å². The lowest BCUT2D eigenvalue weighted by Gasteiger charge is -2.16. The van der Waals surface area contributed by atoms with Gasteiger partial charge in [0.2, 0.25) is 0 Å². The zero-order chi connectivity index (χ0) is 29.3. The molecule has 6 nitrogen and oxygen atoms in total. The smallest absolute Gasteiger partial charge is 0.320 e. The maximum absolute atomic E-state index is 10.7. The molecular formula is C37H33N3O3. The molecule has 2 aromatic heterocycles. The molecule has 0 fully saturated rings. The fourth-order valence-corrected chi connectivity index (χ4v) is 6.00. The molecule has 0 spiro atoms. The van der Waals surface area contributed by atoms with E-state index in [0.717, 1.165) is 69.3 Å². The monoisotopic (exact) mass is 567 g/mol. The standard InChI is InChI=1S/C37H33N3O3/c1-3-5-12-23(4-2)22-42-37-39-35(28-17-10-11-18-30(28)41)38-36(40-37)29-21-32-34(27-16-9-8-15-26(27)29)33-25-14-7-6-13-24(25)19-20-31(33)43-32/h6-11,13-21,23,41H,3-5,12,22H2,1-2H3. The number of nitrogens with zero attached hydrogens (tertiary/aromatic N) is 3. The third-order valence-electron chi connectivity index (χ3n) is 8.36. The quantitative estimate of drug-likeness (QED) is 0.187. The topological polar surface area (TPSA) is 81.3 Å². The summed E-state index contributed by atoms with van der Waals surface area (Å²) in [7, 11) is 0. The van der Waals surface area contributed by atoms with Gasteiger partial charge in [0, 0.05) is 16.3 Å². The average Bonchev–Trinajstić information content (AvgIpc) is 3.44. The fraction of sp³-hybridized carbons (Fsp3) is 0.216. The number of hydrogen-bond donors (Lipinski definition) is 1. The van der Waals surface area contributed by atoms with Crippen molar-refractivity contribution in [3.63, 3.8) is 0 Å². The van der Waals surface area contributed by atoms with E-state index >= 15 is 0 Å². The lowest BCUT2D eigenvalue weighted by Crippen LogP contribution is -2.13. The molecule has 0 aliphatic carbocycles. The molecule has 0 amide bonds. The Kier molecular flexibility index (Phi) is 7.11. The van der Waals surface area contributed by atoms with Crippen molar-refractivity contribution in [3.8, 4) is 34.5 Å². The van der Waals surface area contributed by atoms with E-state index in [1.165, 1.54) is 5.39 Å². The number of aromatic hydroxyl groups is 1. The van der Waals surface area contributed by atoms with Gasteiger partial charge in [0.1, 0.15) is 16.9 Å². The Labute approximate surface area is 250 Å². The highest BCUT2D eigenvalue weighted by Gasteiger charge is 2.21. The zero-order valence-electron chi connectivity index (χ0n) is 24.4. The third-order valence-corrected chi connectivity index (χ3v) is 8.36. The van der Waals surface area contributed by atoms with Crippen LogP contribution < -0.4 is 4.74 Å². The molecule has 0 radical (unpaired) electrons. The number of rotatable bonds is 9. The van der Waals surface area contributed by atoms with Crippen molar-refractivity contribution in [2.75, 3.05) is 6.61 Å². The lowest BCUT2D eigenvalue weighted by atomic mass is 9.96. The van der Waals surface area contributed by atoms with Gasteiger partial charge >= 0.3 is 6.01 Å². The summed E-state index contributed by atoms with van der Waals surface area (Å²) in [6, 6.07) is 30.2. The minimum absolute atomic E-state index is 0.101. The number of fused-ring (bicyclic) bond motifs is 7. The van der Waals surface area contributed by atoms with Gasteiger partial charge in [-0.3, -0.25) is 0 Å². The third kappa shape index (κ3) is 4.93. The Bertz CT molecular complexity index is 2100. The maximum atomic E-state index is 10.7. The SMILES string of the molecule is CCCCC(CC)COc1nc(-c2ccccc2O)nc(-c2cc3oc4ccc5ccccc5c4c3c3ccccc23)n1. The van der Waals surface area contributed by atoms with Crippen LogP contribution in [0.2, 0.25) is 0 Å². The molecule has 7 rings (SSSR count). The van der Waals surface area contributed by atoms with Crippen molar-refractivity contribution in [2.45, 2.75) is 39.5 Å². The molecular weight excluding hydrogens is 534 g/mol. The molecule has 6 heteroatoms. The first kappa shape index (κ1) is 26.9. The number of phenols is 1. The minimum Gasteiger partial charge on any atom is -0.507 e. The number of hydrogen-bond acceptors (Lipinski definition) is 6. The number of phenolic OH excluding ortho intramolecular Hbond substituents is 1. The maximum Gasteiger partial charge on any atom is 0.320 e. The van der Waals surface area contributed by atoms with Gasteiger partial charge < -0.3 is 14.3 Å². The number of ether oxygens (including phenoxy) is 1. The predicted octanol–water partition coefficient (Wildman–Crippen LogP) is 9.71. The normalized spacial score (nSPS) is 12.4. The molecule has 43 heavy (non-hydrogen) atoms. The largest absolute Gasteiger partial charge is 0.507 e. The summed E-state index contributed by atoms with van der Waals surface area (Å²) in [5.41, 5.74) is 2.93. The van der Waals surface area contributed by atoms with Crippen molar-refractivity contribution in [3.05, 3.63) is 91.0 Å². The molecule has 0 saturated carbocycles. The highest BCUT2D eigenvalue weighted by Crippen LogP contribution is 2.42. The summed E-state index contributed by atoms with van der Waals surface area (Å²) in [6.45, 7) is 4.92. The molecule has 1 unspecified atom stereocenters. The number of furan rings is 1. The van der Waals surface area contributed by atoms with Gasteiger partial charge in [0.25, 0.3) is 0 Å². The summed E-state index contributed by atoms with van der Waals surface area (Å²) in [6.07, 6.45) is 4.43. The first-order valence-corrected chi connectivity index (χ1v) is 15.1. The van der Waals surface area contributed by atoms with E-state index in [9.17, 15) is 5.11 Å². The summed E-state index contributed by atoms with van der Waals surface area (Å²) >= 11 is 0. The first-order valence-electron chi connectivity index (χ1n) is 15.1.